The molecule has 0 bridgehead atoms. The molecule has 0 saturated heterocycles. The number of hydrogen-bond donors (Lipinski definition) is 1. The van der Waals surface area contributed by atoms with Crippen molar-refractivity contribution in [2.45, 2.75) is 23.0 Å². The number of hydrogen-bond acceptors (Lipinski definition) is 6. The van der Waals surface area contributed by atoms with E-state index in [9.17, 15) is 20.2 Å². The molecule has 1 amide bonds. The highest BCUT2D eigenvalue weighted by Gasteiger charge is 2.29. The predicted molar refractivity (Wildman–Crippen MR) is 111 cm³/mol. The fourth-order valence-corrected chi connectivity index (χ4v) is 4.36. The summed E-state index contributed by atoms with van der Waals surface area (Å²) >= 11 is 3.00. The van der Waals surface area contributed by atoms with Gasteiger partial charge in [-0.15, -0.1) is 23.5 Å². The maximum atomic E-state index is 12.2. The van der Waals surface area contributed by atoms with Crippen LogP contribution >= 0.6 is 23.5 Å². The number of nitro benzene ring substituents is 1. The number of nitriles is 1. The van der Waals surface area contributed by atoms with Gasteiger partial charge in [0, 0.05) is 35.1 Å². The lowest BCUT2D eigenvalue weighted by Gasteiger charge is -2.25. The lowest BCUT2D eigenvalue weighted by atomic mass is 9.87. The molecule has 0 fully saturated rings. The normalized spacial score (nSPS) is 16.4. The quantitative estimate of drug-likeness (QED) is 0.424. The van der Waals surface area contributed by atoms with Gasteiger partial charge in [0.25, 0.3) is 5.69 Å². The summed E-state index contributed by atoms with van der Waals surface area (Å²) < 4.78 is 0. The third kappa shape index (κ3) is 4.55. The topological polar surface area (TPSA) is 96.0 Å². The first-order valence-electron chi connectivity index (χ1n) is 8.46. The minimum atomic E-state index is -0.443. The highest BCUT2D eigenvalue weighted by molar-refractivity contribution is 8.02. The highest BCUT2D eigenvalue weighted by Crippen LogP contribution is 2.37. The zero-order chi connectivity index (χ0) is 20.1. The van der Waals surface area contributed by atoms with Crippen LogP contribution in [0.4, 0.5) is 5.69 Å². The highest BCUT2D eigenvalue weighted by atomic mass is 32.2. The van der Waals surface area contributed by atoms with E-state index in [1.165, 1.54) is 23.9 Å². The Hall–Kier alpha value is -2.76. The molecule has 1 aliphatic rings. The van der Waals surface area contributed by atoms with Gasteiger partial charge in [0.15, 0.2) is 0 Å². The number of rotatable bonds is 6. The third-order valence-corrected chi connectivity index (χ3v) is 6.24. The molecule has 2 aromatic carbocycles. The van der Waals surface area contributed by atoms with Gasteiger partial charge in [-0.1, -0.05) is 24.3 Å². The summed E-state index contributed by atoms with van der Waals surface area (Å²) in [5.74, 6) is 0.106. The molecule has 0 aliphatic carbocycles. The number of carbonyl (C=O) groups excluding carboxylic acids is 1. The van der Waals surface area contributed by atoms with E-state index < -0.39 is 4.92 Å². The van der Waals surface area contributed by atoms with Crippen LogP contribution in [0.1, 0.15) is 23.5 Å². The largest absolute Gasteiger partial charge is 0.320 e. The van der Waals surface area contributed by atoms with Crippen molar-refractivity contribution in [1.29, 1.82) is 5.26 Å². The number of nitrogens with zero attached hydrogens (tertiary/aromatic N) is 2. The average molecular weight is 412 g/mol. The first-order valence-corrected chi connectivity index (χ1v) is 10.7. The van der Waals surface area contributed by atoms with Crippen molar-refractivity contribution >= 4 is 35.1 Å². The first-order chi connectivity index (χ1) is 13.5. The van der Waals surface area contributed by atoms with Gasteiger partial charge < -0.3 is 5.32 Å². The number of carbonyl (C=O) groups is 1. The minimum Gasteiger partial charge on any atom is -0.320 e. The van der Waals surface area contributed by atoms with Crippen LogP contribution in [-0.4, -0.2) is 17.1 Å². The van der Waals surface area contributed by atoms with Crippen LogP contribution in [0.25, 0.3) is 0 Å². The molecule has 2 aromatic rings. The Morgan fingerprint density at radius 2 is 1.89 bits per heavy atom. The molecule has 0 unspecified atom stereocenters. The summed E-state index contributed by atoms with van der Waals surface area (Å²) in [6, 6.07) is 16.4. The molecule has 0 radical (unpaired) electrons. The van der Waals surface area contributed by atoms with E-state index in [1.807, 2.05) is 30.5 Å². The van der Waals surface area contributed by atoms with Crippen molar-refractivity contribution < 1.29 is 9.72 Å². The van der Waals surface area contributed by atoms with E-state index >= 15 is 0 Å². The Morgan fingerprint density at radius 3 is 2.46 bits per heavy atom. The second kappa shape index (κ2) is 8.95. The second-order valence-electron chi connectivity index (χ2n) is 6.14. The summed E-state index contributed by atoms with van der Waals surface area (Å²) in [7, 11) is 0. The molecule has 0 aromatic heterocycles. The van der Waals surface area contributed by atoms with Crippen molar-refractivity contribution in [2.75, 3.05) is 6.26 Å². The molecule has 3 rings (SSSR count). The molecule has 1 atom stereocenters. The lowest BCUT2D eigenvalue weighted by molar-refractivity contribution is -0.384. The standard InChI is InChI=1S/C20H17N3O3S2/c1-27-16-8-4-14(5-9-16)17-10-19(24)22-20(18(17)11-21)28-12-13-2-6-15(7-3-13)23(25)26/h2-9,17H,10,12H2,1H3,(H,22,24)/t17-/m0/s1. The van der Waals surface area contributed by atoms with Gasteiger partial charge in [-0.05, 0) is 29.5 Å². The van der Waals surface area contributed by atoms with Crippen LogP contribution < -0.4 is 5.32 Å². The molecule has 6 nitrogen and oxygen atoms in total. The molecular formula is C20H17N3O3S2. The molecule has 8 heteroatoms. The fraction of sp³-hybridized carbons (Fsp3) is 0.200. The van der Waals surface area contributed by atoms with Gasteiger partial charge in [-0.2, -0.15) is 5.26 Å². The third-order valence-electron chi connectivity index (χ3n) is 4.40. The average Bonchev–Trinajstić information content (AvgIpc) is 2.72. The van der Waals surface area contributed by atoms with E-state index in [0.29, 0.717) is 16.4 Å². The molecule has 28 heavy (non-hydrogen) atoms. The van der Waals surface area contributed by atoms with E-state index in [0.717, 1.165) is 16.0 Å². The Labute approximate surface area is 171 Å². The fourth-order valence-electron chi connectivity index (χ4n) is 2.92. The lowest BCUT2D eigenvalue weighted by Crippen LogP contribution is -2.30. The zero-order valence-corrected chi connectivity index (χ0v) is 16.7. The maximum Gasteiger partial charge on any atom is 0.269 e. The van der Waals surface area contributed by atoms with Gasteiger partial charge in [0.2, 0.25) is 5.91 Å². The van der Waals surface area contributed by atoms with Crippen molar-refractivity contribution in [3.05, 3.63) is 80.4 Å². The molecule has 1 N–H and O–H groups in total. The predicted octanol–water partition coefficient (Wildman–Crippen LogP) is 4.59. The van der Waals surface area contributed by atoms with Crippen molar-refractivity contribution in [3.8, 4) is 6.07 Å². The zero-order valence-electron chi connectivity index (χ0n) is 15.0. The van der Waals surface area contributed by atoms with Crippen LogP contribution in [0.5, 0.6) is 0 Å². The summed E-state index contributed by atoms with van der Waals surface area (Å²) in [6.07, 6.45) is 2.24. The van der Waals surface area contributed by atoms with Crippen LogP contribution in [0.3, 0.4) is 0 Å². The number of non-ortho nitro benzene ring substituents is 1. The SMILES string of the molecule is CSc1ccc([C@@H]2CC(=O)NC(SCc3ccc([N+](=O)[O-])cc3)=C2C#N)cc1. The summed E-state index contributed by atoms with van der Waals surface area (Å²) in [4.78, 5) is 23.7. The summed E-state index contributed by atoms with van der Waals surface area (Å²) in [6.45, 7) is 0. The van der Waals surface area contributed by atoms with Gasteiger partial charge in [-0.25, -0.2) is 0 Å². The molecule has 0 spiro atoms. The van der Waals surface area contributed by atoms with Gasteiger partial charge in [0.1, 0.15) is 0 Å². The number of benzene rings is 2. The Balaban J connectivity index is 1.82. The second-order valence-corrected chi connectivity index (χ2v) is 8.01. The van der Waals surface area contributed by atoms with E-state index in [4.69, 9.17) is 0 Å². The maximum absolute atomic E-state index is 12.2. The van der Waals surface area contributed by atoms with Crippen LogP contribution in [0.2, 0.25) is 0 Å². The van der Waals surface area contributed by atoms with E-state index in [-0.39, 0.29) is 23.9 Å². The monoisotopic (exact) mass is 411 g/mol. The van der Waals surface area contributed by atoms with E-state index in [2.05, 4.69) is 11.4 Å². The number of amides is 1. The number of nitro groups is 1. The van der Waals surface area contributed by atoms with Crippen LogP contribution in [0, 0.1) is 21.4 Å². The van der Waals surface area contributed by atoms with Crippen LogP contribution in [-0.2, 0) is 10.5 Å². The van der Waals surface area contributed by atoms with Crippen LogP contribution in [0.15, 0.2) is 64.0 Å². The van der Waals surface area contributed by atoms with E-state index in [1.54, 1.807) is 23.9 Å². The molecule has 142 valence electrons. The summed E-state index contributed by atoms with van der Waals surface area (Å²) in [5.41, 5.74) is 2.40. The number of nitrogens with one attached hydrogen (secondary N) is 1. The van der Waals surface area contributed by atoms with Gasteiger partial charge in [-0.3, -0.25) is 14.9 Å². The minimum absolute atomic E-state index is 0.0328. The smallest absolute Gasteiger partial charge is 0.269 e. The van der Waals surface area contributed by atoms with Gasteiger partial charge in [0.05, 0.1) is 21.6 Å². The molecule has 0 saturated carbocycles. The first kappa shape index (κ1) is 20.0. The molecule has 1 heterocycles. The van der Waals surface area contributed by atoms with Crippen molar-refractivity contribution in [1.82, 2.24) is 5.32 Å². The van der Waals surface area contributed by atoms with Crippen molar-refractivity contribution in [2.24, 2.45) is 0 Å². The van der Waals surface area contributed by atoms with Crippen molar-refractivity contribution in [3.63, 3.8) is 0 Å². The Bertz CT molecular complexity index is 964. The number of allylic oxidation sites excluding steroid dienone is 1. The number of thioether (sulfide) groups is 2. The Morgan fingerprint density at radius 1 is 1.21 bits per heavy atom. The Kier molecular flexibility index (Phi) is 6.39. The molecule has 1 aliphatic heterocycles. The molecular weight excluding hydrogens is 394 g/mol. The summed E-state index contributed by atoms with van der Waals surface area (Å²) in [5, 5.41) is 23.8. The van der Waals surface area contributed by atoms with Gasteiger partial charge >= 0.3 is 0 Å².